The van der Waals surface area contributed by atoms with Gasteiger partial charge in [0.2, 0.25) is 6.29 Å². The monoisotopic (exact) mass is 494 g/mol. The summed E-state index contributed by atoms with van der Waals surface area (Å²) in [6.45, 7) is 6.03. The molecule has 4 aliphatic heterocycles. The highest BCUT2D eigenvalue weighted by atomic mass is 17.2. The molecule has 3 saturated carbocycles. The molecule has 8 aliphatic rings. The molecule has 196 valence electrons. The van der Waals surface area contributed by atoms with Crippen molar-refractivity contribution in [2.75, 3.05) is 14.2 Å². The van der Waals surface area contributed by atoms with Gasteiger partial charge in [-0.2, -0.15) is 4.89 Å². The maximum Gasteiger partial charge on any atom is 0.216 e. The Morgan fingerprint density at radius 1 is 1.00 bits per heavy atom. The molecule has 2 N–H and O–H groups in total. The molecule has 4 bridgehead atoms. The Hall–Kier alpha value is -0.620. The minimum absolute atomic E-state index is 0.221. The number of allylic oxidation sites excluding steroid dienone is 1. The lowest BCUT2D eigenvalue weighted by Gasteiger charge is -2.75. The second kappa shape index (κ2) is 6.87. The normalized spacial score (nSPS) is 59.7. The fraction of sp³-hybridized carbons (Fsp3) is 0.923. The quantitative estimate of drug-likeness (QED) is 0.443. The molecule has 4 aliphatic carbocycles. The maximum absolute atomic E-state index is 12.3. The van der Waals surface area contributed by atoms with Gasteiger partial charge in [0, 0.05) is 43.8 Å². The first-order valence-electron chi connectivity index (χ1n) is 13.1. The van der Waals surface area contributed by atoms with Gasteiger partial charge < -0.3 is 33.9 Å². The fourth-order valence-electron chi connectivity index (χ4n) is 9.84. The Balaban J connectivity index is 1.49. The van der Waals surface area contributed by atoms with Crippen molar-refractivity contribution < 1.29 is 43.7 Å². The van der Waals surface area contributed by atoms with E-state index in [9.17, 15) is 10.2 Å². The first-order valence-corrected chi connectivity index (χ1v) is 13.1. The van der Waals surface area contributed by atoms with E-state index in [1.165, 1.54) is 0 Å². The molecule has 7 fully saturated rings. The van der Waals surface area contributed by atoms with Crippen LogP contribution in [0.25, 0.3) is 0 Å². The summed E-state index contributed by atoms with van der Waals surface area (Å²) in [4.78, 5) is 11.0. The standard InChI is InChI=1S/C26H38O9/c1-21(2)31-18-19(28)32-33-20(29-4)15-8-9-25(34-21)16-7-6-14-12-23(30-5)11-10-22(14,3)26(16,35-23)17(27)13-24(15,18)25/h7,14-15,17-20,27-28H,6,8-13H2,1-5H3/t14-,15-,17-,18+,19+,20+,22+,23-,24-,25+,26+/m1/s1. The van der Waals surface area contributed by atoms with E-state index >= 15 is 0 Å². The fourth-order valence-corrected chi connectivity index (χ4v) is 9.84. The Kier molecular flexibility index (Phi) is 4.61. The zero-order chi connectivity index (χ0) is 24.6. The molecule has 0 amide bonds. The number of fused-ring (bicyclic) bond motifs is 1. The SMILES string of the molecule is CO[C@H]1OO[C@H](O)[C@@H]2OC(C)(C)O[C@]34CC[C@H]1[C@]23C[C@@H](O)[C@]12O[C@]3(OC)CC[C@@]1(C)[C@H](CC=C42)C3. The first kappa shape index (κ1) is 23.5. The lowest BCUT2D eigenvalue weighted by Crippen LogP contribution is -2.82. The minimum atomic E-state index is -1.36. The van der Waals surface area contributed by atoms with Crippen LogP contribution in [-0.4, -0.2) is 72.0 Å². The maximum atomic E-state index is 12.3. The van der Waals surface area contributed by atoms with E-state index in [0.29, 0.717) is 25.2 Å². The predicted octanol–water partition coefficient (Wildman–Crippen LogP) is 2.54. The Labute approximate surface area is 205 Å². The van der Waals surface area contributed by atoms with E-state index in [2.05, 4.69) is 13.0 Å². The summed E-state index contributed by atoms with van der Waals surface area (Å²) < 4.78 is 32.3. The third-order valence-corrected chi connectivity index (χ3v) is 11.1. The van der Waals surface area contributed by atoms with Gasteiger partial charge >= 0.3 is 0 Å². The second-order valence-electron chi connectivity index (χ2n) is 12.6. The molecule has 4 saturated heterocycles. The smallest absolute Gasteiger partial charge is 0.216 e. The third-order valence-electron chi connectivity index (χ3n) is 11.1. The van der Waals surface area contributed by atoms with E-state index in [4.69, 9.17) is 33.5 Å². The summed E-state index contributed by atoms with van der Waals surface area (Å²) in [6.07, 6.45) is 3.65. The van der Waals surface area contributed by atoms with Crippen LogP contribution in [0.3, 0.4) is 0 Å². The Morgan fingerprint density at radius 2 is 1.80 bits per heavy atom. The molecule has 0 radical (unpaired) electrons. The van der Waals surface area contributed by atoms with Crippen LogP contribution in [0.2, 0.25) is 0 Å². The van der Waals surface area contributed by atoms with Crippen molar-refractivity contribution in [3.05, 3.63) is 11.6 Å². The van der Waals surface area contributed by atoms with Crippen LogP contribution < -0.4 is 0 Å². The number of methoxy groups -OCH3 is 2. The van der Waals surface area contributed by atoms with Crippen molar-refractivity contribution in [1.29, 1.82) is 0 Å². The van der Waals surface area contributed by atoms with Crippen molar-refractivity contribution in [3.8, 4) is 0 Å². The number of rotatable bonds is 2. The number of aliphatic hydroxyl groups is 2. The molecule has 8 rings (SSSR count). The summed E-state index contributed by atoms with van der Waals surface area (Å²) >= 11 is 0. The third kappa shape index (κ3) is 2.43. The van der Waals surface area contributed by atoms with Crippen LogP contribution in [0.15, 0.2) is 11.6 Å². The van der Waals surface area contributed by atoms with Gasteiger partial charge in [-0.05, 0) is 57.4 Å². The van der Waals surface area contributed by atoms with Crippen LogP contribution in [-0.2, 0) is 33.5 Å². The molecule has 9 heteroatoms. The second-order valence-corrected chi connectivity index (χ2v) is 12.6. The molecule has 35 heavy (non-hydrogen) atoms. The molecular weight excluding hydrogens is 456 g/mol. The van der Waals surface area contributed by atoms with Crippen LogP contribution >= 0.6 is 0 Å². The molecule has 0 aromatic heterocycles. The van der Waals surface area contributed by atoms with Gasteiger partial charge in [-0.15, -0.1) is 0 Å². The molecule has 11 atom stereocenters. The molecule has 9 nitrogen and oxygen atoms in total. The van der Waals surface area contributed by atoms with Gasteiger partial charge in [0.25, 0.3) is 0 Å². The highest BCUT2D eigenvalue weighted by Crippen LogP contribution is 2.77. The molecule has 0 unspecified atom stereocenters. The average molecular weight is 495 g/mol. The van der Waals surface area contributed by atoms with Gasteiger partial charge in [-0.25, -0.2) is 4.89 Å². The van der Waals surface area contributed by atoms with Crippen LogP contribution in [0, 0.1) is 22.7 Å². The summed E-state index contributed by atoms with van der Waals surface area (Å²) in [5.41, 5.74) is -1.90. The van der Waals surface area contributed by atoms with E-state index < -0.39 is 53.0 Å². The van der Waals surface area contributed by atoms with Gasteiger partial charge in [-0.1, -0.05) is 13.0 Å². The largest absolute Gasteiger partial charge is 0.390 e. The molecule has 0 aromatic rings. The number of hydrogen-bond donors (Lipinski definition) is 2. The van der Waals surface area contributed by atoms with Crippen molar-refractivity contribution in [3.63, 3.8) is 0 Å². The van der Waals surface area contributed by atoms with Crippen molar-refractivity contribution in [1.82, 2.24) is 0 Å². The number of aliphatic hydroxyl groups excluding tert-OH is 2. The zero-order valence-electron chi connectivity index (χ0n) is 21.2. The van der Waals surface area contributed by atoms with Crippen LogP contribution in [0.1, 0.15) is 65.7 Å². The highest BCUT2D eigenvalue weighted by Gasteiger charge is 2.84. The summed E-state index contributed by atoms with van der Waals surface area (Å²) in [5.74, 6) is -1.60. The van der Waals surface area contributed by atoms with Crippen molar-refractivity contribution in [2.24, 2.45) is 22.7 Å². The van der Waals surface area contributed by atoms with Crippen molar-refractivity contribution in [2.45, 2.75) is 113 Å². The lowest BCUT2D eigenvalue weighted by atomic mass is 9.40. The van der Waals surface area contributed by atoms with Gasteiger partial charge in [0.15, 0.2) is 17.9 Å². The highest BCUT2D eigenvalue weighted by molar-refractivity contribution is 5.47. The van der Waals surface area contributed by atoms with Crippen molar-refractivity contribution >= 4 is 0 Å². The van der Waals surface area contributed by atoms with Crippen LogP contribution in [0.4, 0.5) is 0 Å². The van der Waals surface area contributed by atoms with E-state index in [-0.39, 0.29) is 11.3 Å². The first-order chi connectivity index (χ1) is 16.5. The molecular formula is C26H38O9. The summed E-state index contributed by atoms with van der Waals surface area (Å²) in [5, 5.41) is 23.4. The molecule has 4 heterocycles. The predicted molar refractivity (Wildman–Crippen MR) is 119 cm³/mol. The number of ether oxygens (including phenoxy) is 5. The molecule has 0 aromatic carbocycles. The summed E-state index contributed by atoms with van der Waals surface area (Å²) in [7, 11) is 3.29. The zero-order valence-corrected chi connectivity index (χ0v) is 21.2. The van der Waals surface area contributed by atoms with Gasteiger partial charge in [0.1, 0.15) is 17.3 Å². The van der Waals surface area contributed by atoms with Crippen LogP contribution in [0.5, 0.6) is 0 Å². The minimum Gasteiger partial charge on any atom is -0.390 e. The van der Waals surface area contributed by atoms with Gasteiger partial charge in [0.05, 0.1) is 6.10 Å². The Bertz CT molecular complexity index is 968. The van der Waals surface area contributed by atoms with E-state index in [1.807, 2.05) is 13.8 Å². The van der Waals surface area contributed by atoms with E-state index in [0.717, 1.165) is 31.3 Å². The Morgan fingerprint density at radius 3 is 2.54 bits per heavy atom. The van der Waals surface area contributed by atoms with Gasteiger partial charge in [-0.3, -0.25) is 0 Å². The topological polar surface area (TPSA) is 105 Å². The number of hydrogen-bond acceptors (Lipinski definition) is 9. The lowest BCUT2D eigenvalue weighted by molar-refractivity contribution is -0.459. The molecule has 2 spiro atoms. The summed E-state index contributed by atoms with van der Waals surface area (Å²) in [6, 6.07) is 0. The average Bonchev–Trinajstić information content (AvgIpc) is 3.07. The van der Waals surface area contributed by atoms with E-state index in [1.54, 1.807) is 14.2 Å².